The normalized spacial score (nSPS) is 24.1. The van der Waals surface area contributed by atoms with Crippen LogP contribution in [-0.4, -0.2) is 69.2 Å². The Kier molecular flexibility index (Phi) is 9.93. The van der Waals surface area contributed by atoms with Crippen LogP contribution < -0.4 is 26.0 Å². The van der Waals surface area contributed by atoms with Crippen LogP contribution in [0.15, 0.2) is 41.1 Å². The summed E-state index contributed by atoms with van der Waals surface area (Å²) in [5.41, 5.74) is 8.11. The third-order valence-electron chi connectivity index (χ3n) is 7.25. The van der Waals surface area contributed by atoms with Gasteiger partial charge in [-0.15, -0.1) is 0 Å². The number of anilines is 1. The number of methoxy groups -OCH3 is 1. The number of fused-ring (bicyclic) bond motifs is 1. The van der Waals surface area contributed by atoms with Crippen molar-refractivity contribution in [3.63, 3.8) is 0 Å². The SMILES string of the molecule is CC/C=C(\NC(N)=Nc1cc([N+](=O)[O-])c(N(C)CCN(C)C)cc1OC)C1NC(C)C2C=CCCCC12. The first-order chi connectivity index (χ1) is 17.7. The van der Waals surface area contributed by atoms with Crippen molar-refractivity contribution in [2.75, 3.05) is 46.2 Å². The maximum absolute atomic E-state index is 11.9. The van der Waals surface area contributed by atoms with Crippen molar-refractivity contribution in [3.8, 4) is 5.75 Å². The quantitative estimate of drug-likeness (QED) is 0.142. The summed E-state index contributed by atoms with van der Waals surface area (Å²) in [6, 6.07) is 3.59. The molecular formula is C27H43N7O3. The van der Waals surface area contributed by atoms with Crippen LogP contribution in [0, 0.1) is 22.0 Å². The standard InChI is InChI=1S/C27H43N7O3/c1-7-11-21(26-20-13-10-8-9-12-19(20)18(2)29-26)30-27(28)31-22-16-24(34(35)36)23(17-25(22)37-6)33(5)15-14-32(3)4/h9,11-12,16-20,26,29H,7-8,10,13-15H2,1-6H3,(H3,28,30,31)/b21-11-. The molecule has 1 fully saturated rings. The molecular weight excluding hydrogens is 470 g/mol. The Morgan fingerprint density at radius 1 is 1.35 bits per heavy atom. The monoisotopic (exact) mass is 513 g/mol. The van der Waals surface area contributed by atoms with Crippen LogP contribution in [0.25, 0.3) is 0 Å². The summed E-state index contributed by atoms with van der Waals surface area (Å²) in [4.78, 5) is 20.0. The van der Waals surface area contributed by atoms with E-state index in [4.69, 9.17) is 10.5 Å². The molecule has 204 valence electrons. The van der Waals surface area contributed by atoms with E-state index in [1.54, 1.807) is 6.07 Å². The number of guanidine groups is 1. The van der Waals surface area contributed by atoms with Gasteiger partial charge in [0.05, 0.1) is 18.1 Å². The van der Waals surface area contributed by atoms with Gasteiger partial charge in [-0.05, 0) is 58.5 Å². The molecule has 37 heavy (non-hydrogen) atoms. The molecule has 3 rings (SSSR count). The highest BCUT2D eigenvalue weighted by Gasteiger charge is 2.41. The van der Waals surface area contributed by atoms with Crippen molar-refractivity contribution < 1.29 is 9.66 Å². The first kappa shape index (κ1) is 28.5. The Bertz CT molecular complexity index is 1040. The molecule has 4 N–H and O–H groups in total. The highest BCUT2D eigenvalue weighted by atomic mass is 16.6. The lowest BCUT2D eigenvalue weighted by molar-refractivity contribution is -0.384. The minimum absolute atomic E-state index is 0.0442. The van der Waals surface area contributed by atoms with E-state index in [1.165, 1.54) is 19.6 Å². The molecule has 10 nitrogen and oxygen atoms in total. The number of likely N-dealkylation sites (N-methyl/N-ethyl adjacent to an activating group) is 2. The van der Waals surface area contributed by atoms with E-state index in [1.807, 2.05) is 30.9 Å². The summed E-state index contributed by atoms with van der Waals surface area (Å²) in [7, 11) is 7.29. The molecule has 0 radical (unpaired) electrons. The number of nitrogens with zero attached hydrogens (tertiary/aromatic N) is 4. The smallest absolute Gasteiger partial charge is 0.294 e. The molecule has 1 heterocycles. The van der Waals surface area contributed by atoms with Gasteiger partial charge in [0.2, 0.25) is 0 Å². The van der Waals surface area contributed by atoms with Gasteiger partial charge in [0, 0.05) is 44.0 Å². The number of benzene rings is 1. The van der Waals surface area contributed by atoms with E-state index in [0.29, 0.717) is 41.5 Å². The van der Waals surface area contributed by atoms with Crippen LogP contribution in [0.1, 0.15) is 39.5 Å². The number of hydrogen-bond donors (Lipinski definition) is 3. The van der Waals surface area contributed by atoms with Crippen LogP contribution in [0.5, 0.6) is 5.75 Å². The lowest BCUT2D eigenvalue weighted by Gasteiger charge is -2.25. The topological polar surface area (TPSA) is 121 Å². The molecule has 4 atom stereocenters. The minimum Gasteiger partial charge on any atom is -0.494 e. The number of nitrogens with one attached hydrogen (secondary N) is 2. The Morgan fingerprint density at radius 3 is 2.76 bits per heavy atom. The van der Waals surface area contributed by atoms with Gasteiger partial charge >= 0.3 is 0 Å². The molecule has 2 aliphatic rings. The minimum atomic E-state index is -0.393. The van der Waals surface area contributed by atoms with Gasteiger partial charge in [0.1, 0.15) is 17.1 Å². The van der Waals surface area contributed by atoms with Crippen molar-refractivity contribution in [1.82, 2.24) is 15.5 Å². The number of hydrogen-bond acceptors (Lipinski definition) is 7. The number of ether oxygens (including phenoxy) is 1. The lowest BCUT2D eigenvalue weighted by Crippen LogP contribution is -2.42. The summed E-state index contributed by atoms with van der Waals surface area (Å²) in [6.45, 7) is 5.70. The van der Waals surface area contributed by atoms with E-state index in [-0.39, 0.29) is 17.7 Å². The molecule has 0 amide bonds. The molecule has 0 saturated carbocycles. The van der Waals surface area contributed by atoms with E-state index in [9.17, 15) is 10.1 Å². The number of nitro benzene ring substituents is 1. The molecule has 1 saturated heterocycles. The maximum Gasteiger partial charge on any atom is 0.294 e. The fourth-order valence-electron chi connectivity index (χ4n) is 5.33. The van der Waals surface area contributed by atoms with Gasteiger partial charge in [-0.3, -0.25) is 10.1 Å². The fraction of sp³-hybridized carbons (Fsp3) is 0.593. The summed E-state index contributed by atoms with van der Waals surface area (Å²) in [5.74, 6) is 1.54. The summed E-state index contributed by atoms with van der Waals surface area (Å²) in [5, 5.41) is 19.0. The van der Waals surface area contributed by atoms with E-state index in [0.717, 1.165) is 31.5 Å². The van der Waals surface area contributed by atoms with Crippen LogP contribution in [0.4, 0.5) is 17.1 Å². The molecule has 1 aliphatic heterocycles. The van der Waals surface area contributed by atoms with E-state index < -0.39 is 4.92 Å². The molecule has 1 aromatic rings. The molecule has 0 bridgehead atoms. The van der Waals surface area contributed by atoms with Crippen LogP contribution in [-0.2, 0) is 0 Å². The highest BCUT2D eigenvalue weighted by molar-refractivity contribution is 5.85. The molecule has 10 heteroatoms. The number of rotatable bonds is 10. The Hall–Kier alpha value is -3.11. The second kappa shape index (κ2) is 12.9. The van der Waals surface area contributed by atoms with Gasteiger partial charge in [0.25, 0.3) is 5.69 Å². The van der Waals surface area contributed by atoms with E-state index in [2.05, 4.69) is 47.7 Å². The molecule has 4 unspecified atom stereocenters. The van der Waals surface area contributed by atoms with Crippen molar-refractivity contribution in [3.05, 3.63) is 46.2 Å². The third-order valence-corrected chi connectivity index (χ3v) is 7.25. The molecule has 0 aromatic heterocycles. The zero-order valence-electron chi connectivity index (χ0n) is 23.0. The zero-order valence-corrected chi connectivity index (χ0v) is 23.0. The van der Waals surface area contributed by atoms with Gasteiger partial charge in [0.15, 0.2) is 5.96 Å². The maximum atomic E-state index is 11.9. The Labute approximate surface area is 220 Å². The summed E-state index contributed by atoms with van der Waals surface area (Å²) in [6.07, 6.45) is 11.1. The van der Waals surface area contributed by atoms with Crippen LogP contribution in [0.2, 0.25) is 0 Å². The van der Waals surface area contributed by atoms with Gasteiger partial charge < -0.3 is 30.9 Å². The number of nitrogens with two attached hydrogens (primary N) is 1. The Balaban J connectivity index is 1.89. The zero-order chi connectivity index (χ0) is 27.1. The fourth-order valence-corrected chi connectivity index (χ4v) is 5.33. The second-order valence-corrected chi connectivity index (χ2v) is 10.2. The molecule has 1 aliphatic carbocycles. The van der Waals surface area contributed by atoms with Gasteiger partial charge in [-0.1, -0.05) is 25.2 Å². The van der Waals surface area contributed by atoms with E-state index >= 15 is 0 Å². The summed E-state index contributed by atoms with van der Waals surface area (Å²) < 4.78 is 5.56. The second-order valence-electron chi connectivity index (χ2n) is 10.2. The average molecular weight is 514 g/mol. The van der Waals surface area contributed by atoms with Crippen molar-refractivity contribution in [2.24, 2.45) is 22.6 Å². The van der Waals surface area contributed by atoms with Crippen LogP contribution >= 0.6 is 0 Å². The van der Waals surface area contributed by atoms with Crippen LogP contribution in [0.3, 0.4) is 0 Å². The molecule has 0 spiro atoms. The van der Waals surface area contributed by atoms with Gasteiger partial charge in [-0.2, -0.15) is 0 Å². The predicted molar refractivity (Wildman–Crippen MR) is 151 cm³/mol. The number of aliphatic imine (C=N–C) groups is 1. The molecule has 1 aromatic carbocycles. The first-order valence-electron chi connectivity index (χ1n) is 13.1. The third kappa shape index (κ3) is 7.01. The highest BCUT2D eigenvalue weighted by Crippen LogP contribution is 2.40. The van der Waals surface area contributed by atoms with Crippen molar-refractivity contribution in [1.29, 1.82) is 0 Å². The lowest BCUT2D eigenvalue weighted by atomic mass is 9.84. The van der Waals surface area contributed by atoms with Crippen molar-refractivity contribution in [2.45, 2.75) is 51.6 Å². The Morgan fingerprint density at radius 2 is 2.11 bits per heavy atom. The number of allylic oxidation sites excluding steroid dienone is 2. The predicted octanol–water partition coefficient (Wildman–Crippen LogP) is 3.76. The summed E-state index contributed by atoms with van der Waals surface area (Å²) >= 11 is 0. The van der Waals surface area contributed by atoms with Crippen molar-refractivity contribution >= 4 is 23.0 Å². The first-order valence-corrected chi connectivity index (χ1v) is 13.1. The van der Waals surface area contributed by atoms with Gasteiger partial charge in [-0.25, -0.2) is 4.99 Å². The largest absolute Gasteiger partial charge is 0.494 e. The number of nitro groups is 1. The average Bonchev–Trinajstić information content (AvgIpc) is 3.00.